The first-order valence-electron chi connectivity index (χ1n) is 9.15. The molecule has 144 valence electrons. The number of benzene rings is 3. The molecule has 0 aliphatic heterocycles. The summed E-state index contributed by atoms with van der Waals surface area (Å²) in [7, 11) is 0. The van der Waals surface area contributed by atoms with E-state index in [9.17, 15) is 9.90 Å². The van der Waals surface area contributed by atoms with Crippen molar-refractivity contribution in [1.82, 2.24) is 0 Å². The summed E-state index contributed by atoms with van der Waals surface area (Å²) in [4.78, 5) is 12.8. The molecule has 0 saturated heterocycles. The fourth-order valence-corrected chi connectivity index (χ4v) is 3.01. The van der Waals surface area contributed by atoms with Crippen molar-refractivity contribution in [2.75, 3.05) is 11.9 Å². The van der Waals surface area contributed by atoms with Crippen molar-refractivity contribution >= 4 is 23.2 Å². The highest BCUT2D eigenvalue weighted by molar-refractivity contribution is 6.30. The third kappa shape index (κ3) is 4.91. The lowest BCUT2D eigenvalue weighted by molar-refractivity contribution is 0.102. The molecule has 0 radical (unpaired) electrons. The minimum atomic E-state index is -0.908. The zero-order valence-electron chi connectivity index (χ0n) is 15.6. The lowest BCUT2D eigenvalue weighted by Crippen LogP contribution is -2.15. The molecule has 0 aliphatic rings. The van der Waals surface area contributed by atoms with Gasteiger partial charge in [-0.3, -0.25) is 4.79 Å². The van der Waals surface area contributed by atoms with Crippen LogP contribution in [-0.4, -0.2) is 17.6 Å². The Labute approximate surface area is 169 Å². The van der Waals surface area contributed by atoms with E-state index in [-0.39, 0.29) is 5.91 Å². The first kappa shape index (κ1) is 19.9. The molecule has 3 aromatic carbocycles. The van der Waals surface area contributed by atoms with Crippen molar-refractivity contribution in [3.05, 3.63) is 94.5 Å². The number of carbonyl (C=O) groups excluding carboxylic acids is 1. The minimum Gasteiger partial charge on any atom is -0.494 e. The Morgan fingerprint density at radius 3 is 2.61 bits per heavy atom. The topological polar surface area (TPSA) is 58.6 Å². The van der Waals surface area contributed by atoms with E-state index in [1.165, 1.54) is 0 Å². The normalized spacial score (nSPS) is 11.7. The Morgan fingerprint density at radius 1 is 1.07 bits per heavy atom. The monoisotopic (exact) mass is 395 g/mol. The minimum absolute atomic E-state index is 0.286. The Balaban J connectivity index is 1.85. The van der Waals surface area contributed by atoms with Crippen molar-refractivity contribution in [3.63, 3.8) is 0 Å². The number of amides is 1. The highest BCUT2D eigenvalue weighted by atomic mass is 35.5. The number of carbonyl (C=O) groups is 1. The maximum absolute atomic E-state index is 12.8. The molecule has 0 saturated carbocycles. The molecule has 5 heteroatoms. The van der Waals surface area contributed by atoms with Gasteiger partial charge < -0.3 is 15.2 Å². The van der Waals surface area contributed by atoms with Crippen LogP contribution in [0.2, 0.25) is 5.02 Å². The molecule has 1 atom stereocenters. The van der Waals surface area contributed by atoms with Gasteiger partial charge >= 0.3 is 0 Å². The summed E-state index contributed by atoms with van der Waals surface area (Å²) in [6.45, 7) is 2.62. The molecule has 0 aliphatic carbocycles. The summed E-state index contributed by atoms with van der Waals surface area (Å²) in [6.07, 6.45) is -0.0171. The Hall–Kier alpha value is -2.82. The number of hydrogen-bond donors (Lipinski definition) is 2. The third-order valence-corrected chi connectivity index (χ3v) is 4.48. The summed E-state index contributed by atoms with van der Waals surface area (Å²) in [5.41, 5.74) is 2.23. The van der Waals surface area contributed by atoms with E-state index < -0.39 is 6.10 Å². The number of aliphatic hydroxyl groups is 1. The number of ether oxygens (including phenoxy) is 1. The Bertz CT molecular complexity index is 944. The first-order chi connectivity index (χ1) is 13.6. The number of rotatable bonds is 7. The molecule has 0 aromatic heterocycles. The second-order valence-electron chi connectivity index (χ2n) is 6.38. The molecule has 0 fully saturated rings. The summed E-state index contributed by atoms with van der Waals surface area (Å²) in [5.74, 6) is 0.362. The summed E-state index contributed by atoms with van der Waals surface area (Å²) in [5, 5.41) is 14.2. The first-order valence-corrected chi connectivity index (χ1v) is 9.53. The third-order valence-electron chi connectivity index (χ3n) is 4.24. The van der Waals surface area contributed by atoms with Crippen LogP contribution in [0, 0.1) is 0 Å². The molecule has 3 aromatic rings. The Kier molecular flexibility index (Phi) is 6.69. The fourth-order valence-electron chi connectivity index (χ4n) is 2.83. The maximum Gasteiger partial charge on any atom is 0.255 e. The molecule has 28 heavy (non-hydrogen) atoms. The van der Waals surface area contributed by atoms with E-state index >= 15 is 0 Å². The van der Waals surface area contributed by atoms with Gasteiger partial charge in [0.05, 0.1) is 6.61 Å². The fraction of sp³-hybridized carbons (Fsp3) is 0.174. The summed E-state index contributed by atoms with van der Waals surface area (Å²) >= 11 is 6.13. The molecule has 0 spiro atoms. The zero-order chi connectivity index (χ0) is 19.9. The second kappa shape index (κ2) is 9.40. The molecular formula is C23H22ClNO3. The van der Waals surface area contributed by atoms with Crippen LogP contribution in [0.3, 0.4) is 0 Å². The van der Waals surface area contributed by atoms with Gasteiger partial charge in [0.2, 0.25) is 0 Å². The van der Waals surface area contributed by atoms with Crippen LogP contribution >= 0.6 is 11.6 Å². The van der Waals surface area contributed by atoms with Crippen molar-refractivity contribution in [2.24, 2.45) is 0 Å². The van der Waals surface area contributed by atoms with Gasteiger partial charge in [-0.15, -0.1) is 0 Å². The molecule has 1 amide bonds. The number of halogens is 1. The van der Waals surface area contributed by atoms with E-state index in [4.69, 9.17) is 16.3 Å². The molecule has 3 rings (SSSR count). The zero-order valence-corrected chi connectivity index (χ0v) is 16.3. The van der Waals surface area contributed by atoms with Gasteiger partial charge in [0.1, 0.15) is 11.9 Å². The summed E-state index contributed by atoms with van der Waals surface area (Å²) in [6, 6.07) is 21.3. The number of anilines is 1. The van der Waals surface area contributed by atoms with Crippen LogP contribution in [0.15, 0.2) is 72.8 Å². The van der Waals surface area contributed by atoms with Gasteiger partial charge in [-0.2, -0.15) is 0 Å². The van der Waals surface area contributed by atoms with Crippen LogP contribution in [0.25, 0.3) is 0 Å². The van der Waals surface area contributed by atoms with Crippen LogP contribution in [0.4, 0.5) is 5.69 Å². The number of nitrogens with one attached hydrogen (secondary N) is 1. The largest absolute Gasteiger partial charge is 0.494 e. The predicted molar refractivity (Wildman–Crippen MR) is 112 cm³/mol. The highest BCUT2D eigenvalue weighted by Gasteiger charge is 2.17. The number of aliphatic hydroxyl groups excluding tert-OH is 1. The molecule has 0 heterocycles. The van der Waals surface area contributed by atoms with E-state index in [1.807, 2.05) is 43.3 Å². The molecule has 0 unspecified atom stereocenters. The van der Waals surface area contributed by atoms with Gasteiger partial charge in [-0.05, 0) is 48.4 Å². The standard InChI is InChI=1S/C23H22ClNO3/c1-2-13-28-19-10-6-9-17(14-19)23(27)25-21-12-11-18(24)15-20(21)22(26)16-7-4-3-5-8-16/h3-12,14-15,22,26H,2,13H2,1H3,(H,25,27)/t22-/m1/s1. The highest BCUT2D eigenvalue weighted by Crippen LogP contribution is 2.31. The van der Waals surface area contributed by atoms with Crippen molar-refractivity contribution < 1.29 is 14.6 Å². The predicted octanol–water partition coefficient (Wildman–Crippen LogP) is 5.46. The van der Waals surface area contributed by atoms with Gasteiger partial charge in [0, 0.05) is 21.8 Å². The van der Waals surface area contributed by atoms with Crippen molar-refractivity contribution in [3.8, 4) is 5.75 Å². The van der Waals surface area contributed by atoms with E-state index in [0.717, 1.165) is 12.0 Å². The lowest BCUT2D eigenvalue weighted by atomic mass is 9.99. The molecule has 0 bridgehead atoms. The van der Waals surface area contributed by atoms with E-state index in [2.05, 4.69) is 5.32 Å². The van der Waals surface area contributed by atoms with Crippen LogP contribution in [-0.2, 0) is 0 Å². The van der Waals surface area contributed by atoms with Crippen LogP contribution < -0.4 is 10.1 Å². The van der Waals surface area contributed by atoms with Crippen LogP contribution in [0.1, 0.15) is 40.9 Å². The molecular weight excluding hydrogens is 374 g/mol. The SMILES string of the molecule is CCCOc1cccc(C(=O)Nc2ccc(Cl)cc2[C@H](O)c2ccccc2)c1. The summed E-state index contributed by atoms with van der Waals surface area (Å²) < 4.78 is 5.59. The Morgan fingerprint density at radius 2 is 1.86 bits per heavy atom. The molecule has 4 nitrogen and oxygen atoms in total. The average molecular weight is 396 g/mol. The quantitative estimate of drug-likeness (QED) is 0.558. The van der Waals surface area contributed by atoms with Crippen LogP contribution in [0.5, 0.6) is 5.75 Å². The van der Waals surface area contributed by atoms with E-state index in [1.54, 1.807) is 36.4 Å². The van der Waals surface area contributed by atoms with E-state index in [0.29, 0.717) is 34.2 Å². The van der Waals surface area contributed by atoms with Crippen molar-refractivity contribution in [2.45, 2.75) is 19.4 Å². The van der Waals surface area contributed by atoms with Gasteiger partial charge in [-0.1, -0.05) is 54.9 Å². The lowest BCUT2D eigenvalue weighted by Gasteiger charge is -2.17. The van der Waals surface area contributed by atoms with Crippen molar-refractivity contribution in [1.29, 1.82) is 0 Å². The molecule has 2 N–H and O–H groups in total. The average Bonchev–Trinajstić information content (AvgIpc) is 2.73. The van der Waals surface area contributed by atoms with Gasteiger partial charge in [0.25, 0.3) is 5.91 Å². The maximum atomic E-state index is 12.8. The van der Waals surface area contributed by atoms with Gasteiger partial charge in [0.15, 0.2) is 0 Å². The second-order valence-corrected chi connectivity index (χ2v) is 6.81. The van der Waals surface area contributed by atoms with Gasteiger partial charge in [-0.25, -0.2) is 0 Å². The number of hydrogen-bond acceptors (Lipinski definition) is 3. The smallest absolute Gasteiger partial charge is 0.255 e.